The van der Waals surface area contributed by atoms with Gasteiger partial charge in [-0.15, -0.1) is 0 Å². The Morgan fingerprint density at radius 3 is 2.48 bits per heavy atom. The van der Waals surface area contributed by atoms with Gasteiger partial charge in [0.25, 0.3) is 0 Å². The highest BCUT2D eigenvalue weighted by Crippen LogP contribution is 2.26. The van der Waals surface area contributed by atoms with Gasteiger partial charge in [-0.25, -0.2) is 4.57 Å². The number of para-hydroxylation sites is 1. The van der Waals surface area contributed by atoms with E-state index in [-0.39, 0.29) is 22.9 Å². The fourth-order valence-corrected chi connectivity index (χ4v) is 2.38. The van der Waals surface area contributed by atoms with Gasteiger partial charge in [0.05, 0.1) is 6.42 Å². The zero-order chi connectivity index (χ0) is 15.9. The zero-order valence-electron chi connectivity index (χ0n) is 14.1. The maximum absolute atomic E-state index is 12.2. The topological polar surface area (TPSA) is 33.0 Å². The number of aromatic nitrogens is 1. The molecule has 1 atom stereocenters. The van der Waals surface area contributed by atoms with Crippen LogP contribution in [0.1, 0.15) is 43.7 Å². The molecule has 0 spiro atoms. The SMILES string of the molecule is CCC(C)c1ccccc1NC(=O)CC[n+]1ccc(C)cc1.[Br-]. The van der Waals surface area contributed by atoms with E-state index in [1.54, 1.807) is 0 Å². The minimum absolute atomic E-state index is 0. The van der Waals surface area contributed by atoms with Crippen LogP contribution in [0.5, 0.6) is 0 Å². The summed E-state index contributed by atoms with van der Waals surface area (Å²) in [6.07, 6.45) is 5.56. The van der Waals surface area contributed by atoms with E-state index in [4.69, 9.17) is 0 Å². The third-order valence-electron chi connectivity index (χ3n) is 4.03. The Hall–Kier alpha value is -1.68. The van der Waals surface area contributed by atoms with Crippen molar-refractivity contribution in [3.05, 3.63) is 59.9 Å². The third-order valence-corrected chi connectivity index (χ3v) is 4.03. The number of amides is 1. The molecule has 0 aliphatic heterocycles. The number of hydrogen-bond acceptors (Lipinski definition) is 1. The van der Waals surface area contributed by atoms with Crippen molar-refractivity contribution in [3.8, 4) is 0 Å². The van der Waals surface area contributed by atoms with E-state index < -0.39 is 0 Å². The smallest absolute Gasteiger partial charge is 0.230 e. The van der Waals surface area contributed by atoms with E-state index >= 15 is 0 Å². The summed E-state index contributed by atoms with van der Waals surface area (Å²) >= 11 is 0. The summed E-state index contributed by atoms with van der Waals surface area (Å²) in [7, 11) is 0. The number of carbonyl (C=O) groups is 1. The number of pyridine rings is 1. The van der Waals surface area contributed by atoms with Crippen LogP contribution in [0, 0.1) is 6.92 Å². The second kappa shape index (κ2) is 9.46. The minimum Gasteiger partial charge on any atom is -1.00 e. The standard InChI is InChI=1S/C19H24N2O.BrH/c1-4-16(3)17-7-5-6-8-18(17)20-19(22)11-14-21-12-9-15(2)10-13-21;/h5-10,12-13,16H,4,11,14H2,1-3H3;1H. The molecule has 0 aliphatic rings. The minimum atomic E-state index is 0. The average Bonchev–Trinajstić information content (AvgIpc) is 2.54. The Morgan fingerprint density at radius 2 is 1.83 bits per heavy atom. The van der Waals surface area contributed by atoms with Crippen LogP contribution in [0.3, 0.4) is 0 Å². The van der Waals surface area contributed by atoms with Crippen LogP contribution in [-0.4, -0.2) is 5.91 Å². The lowest BCUT2D eigenvalue weighted by molar-refractivity contribution is -0.695. The van der Waals surface area contributed by atoms with Gasteiger partial charge in [0.2, 0.25) is 5.91 Å². The zero-order valence-corrected chi connectivity index (χ0v) is 15.6. The molecule has 0 saturated carbocycles. The van der Waals surface area contributed by atoms with Gasteiger partial charge in [0.15, 0.2) is 18.9 Å². The van der Waals surface area contributed by atoms with Crippen molar-refractivity contribution in [2.24, 2.45) is 0 Å². The number of nitrogens with zero attached hydrogens (tertiary/aromatic N) is 1. The highest BCUT2D eigenvalue weighted by molar-refractivity contribution is 5.91. The molecule has 1 aromatic carbocycles. The average molecular weight is 377 g/mol. The van der Waals surface area contributed by atoms with Crippen molar-refractivity contribution < 1.29 is 26.3 Å². The normalized spacial score (nSPS) is 11.4. The van der Waals surface area contributed by atoms with Crippen LogP contribution in [0.2, 0.25) is 0 Å². The molecule has 0 saturated heterocycles. The first kappa shape index (κ1) is 19.4. The number of aryl methyl sites for hydroxylation is 2. The van der Waals surface area contributed by atoms with Crippen LogP contribution in [0.25, 0.3) is 0 Å². The highest BCUT2D eigenvalue weighted by atomic mass is 79.9. The van der Waals surface area contributed by atoms with Crippen LogP contribution in [0.4, 0.5) is 5.69 Å². The summed E-state index contributed by atoms with van der Waals surface area (Å²) in [5.41, 5.74) is 3.38. The van der Waals surface area contributed by atoms with Crippen molar-refractivity contribution in [1.29, 1.82) is 0 Å². The largest absolute Gasteiger partial charge is 1.00 e. The molecule has 1 N–H and O–H groups in total. The molecular formula is C19H25BrN2O. The van der Waals surface area contributed by atoms with Crippen LogP contribution < -0.4 is 26.9 Å². The molecule has 1 amide bonds. The second-order valence-electron chi connectivity index (χ2n) is 5.81. The number of benzene rings is 1. The monoisotopic (exact) mass is 376 g/mol. The lowest BCUT2D eigenvalue weighted by atomic mass is 9.97. The van der Waals surface area contributed by atoms with Gasteiger partial charge in [-0.3, -0.25) is 4.79 Å². The van der Waals surface area contributed by atoms with Crippen LogP contribution in [0.15, 0.2) is 48.8 Å². The molecule has 3 nitrogen and oxygen atoms in total. The summed E-state index contributed by atoms with van der Waals surface area (Å²) in [5.74, 6) is 0.506. The molecular weight excluding hydrogens is 352 g/mol. The first-order valence-electron chi connectivity index (χ1n) is 7.94. The molecule has 0 radical (unpaired) electrons. The molecule has 124 valence electrons. The third kappa shape index (κ3) is 5.79. The Balaban J connectivity index is 0.00000264. The van der Waals surface area contributed by atoms with Crippen molar-refractivity contribution in [3.63, 3.8) is 0 Å². The molecule has 1 heterocycles. The quantitative estimate of drug-likeness (QED) is 0.744. The van der Waals surface area contributed by atoms with E-state index in [2.05, 4.69) is 44.3 Å². The van der Waals surface area contributed by atoms with Crippen molar-refractivity contribution in [1.82, 2.24) is 0 Å². The number of carbonyl (C=O) groups excluding carboxylic acids is 1. The number of rotatable bonds is 6. The summed E-state index contributed by atoms with van der Waals surface area (Å²) in [6.45, 7) is 7.10. The molecule has 2 rings (SSSR count). The number of halogens is 1. The number of anilines is 1. The maximum Gasteiger partial charge on any atom is 0.230 e. The van der Waals surface area contributed by atoms with Gasteiger partial charge in [-0.05, 0) is 36.5 Å². The van der Waals surface area contributed by atoms with E-state index in [1.807, 2.05) is 35.2 Å². The van der Waals surface area contributed by atoms with Crippen molar-refractivity contribution in [2.45, 2.75) is 46.1 Å². The van der Waals surface area contributed by atoms with Gasteiger partial charge in [-0.2, -0.15) is 0 Å². The lowest BCUT2D eigenvalue weighted by Gasteiger charge is -2.15. The number of nitrogens with one attached hydrogen (secondary N) is 1. The fourth-order valence-electron chi connectivity index (χ4n) is 2.38. The second-order valence-corrected chi connectivity index (χ2v) is 5.81. The Labute approximate surface area is 149 Å². The first-order valence-corrected chi connectivity index (χ1v) is 7.94. The van der Waals surface area contributed by atoms with Gasteiger partial charge in [-0.1, -0.05) is 32.0 Å². The molecule has 0 bridgehead atoms. The van der Waals surface area contributed by atoms with Crippen LogP contribution >= 0.6 is 0 Å². The van der Waals surface area contributed by atoms with Gasteiger partial charge < -0.3 is 22.3 Å². The predicted molar refractivity (Wildman–Crippen MR) is 89.8 cm³/mol. The Morgan fingerprint density at radius 1 is 1.17 bits per heavy atom. The Kier molecular flexibility index (Phi) is 7.96. The van der Waals surface area contributed by atoms with Crippen LogP contribution in [-0.2, 0) is 11.3 Å². The highest BCUT2D eigenvalue weighted by Gasteiger charge is 2.12. The summed E-state index contributed by atoms with van der Waals surface area (Å²) in [5, 5.41) is 3.06. The van der Waals surface area contributed by atoms with E-state index in [1.165, 1.54) is 11.1 Å². The summed E-state index contributed by atoms with van der Waals surface area (Å²) in [4.78, 5) is 12.2. The molecule has 23 heavy (non-hydrogen) atoms. The van der Waals surface area contributed by atoms with E-state index in [0.717, 1.165) is 12.1 Å². The molecule has 0 fully saturated rings. The maximum atomic E-state index is 12.2. The summed E-state index contributed by atoms with van der Waals surface area (Å²) < 4.78 is 2.03. The summed E-state index contributed by atoms with van der Waals surface area (Å²) in [6, 6.07) is 12.2. The first-order chi connectivity index (χ1) is 10.6. The molecule has 1 unspecified atom stereocenters. The predicted octanol–water partition coefficient (Wildman–Crippen LogP) is 0.829. The van der Waals surface area contributed by atoms with E-state index in [0.29, 0.717) is 18.9 Å². The van der Waals surface area contributed by atoms with Gasteiger partial charge >= 0.3 is 0 Å². The van der Waals surface area contributed by atoms with Crippen molar-refractivity contribution >= 4 is 11.6 Å². The molecule has 0 aliphatic carbocycles. The van der Waals surface area contributed by atoms with Gasteiger partial charge in [0.1, 0.15) is 0 Å². The fraction of sp³-hybridized carbons (Fsp3) is 0.368. The van der Waals surface area contributed by atoms with Gasteiger partial charge in [0, 0.05) is 17.8 Å². The Bertz CT molecular complexity index is 626. The van der Waals surface area contributed by atoms with Crippen molar-refractivity contribution in [2.75, 3.05) is 5.32 Å². The van der Waals surface area contributed by atoms with E-state index in [9.17, 15) is 4.79 Å². The number of hydrogen-bond donors (Lipinski definition) is 1. The lowest BCUT2D eigenvalue weighted by Crippen LogP contribution is -3.00. The molecule has 2 aromatic rings. The molecule has 4 heteroatoms. The molecule has 1 aromatic heterocycles.